The molecule has 0 bridgehead atoms. The summed E-state index contributed by atoms with van der Waals surface area (Å²) < 4.78 is 7.10. The number of fused-ring (bicyclic) bond motifs is 1. The molecule has 0 saturated heterocycles. The summed E-state index contributed by atoms with van der Waals surface area (Å²) >= 11 is 0. The van der Waals surface area contributed by atoms with E-state index in [0.717, 1.165) is 28.1 Å². The van der Waals surface area contributed by atoms with Crippen molar-refractivity contribution in [2.24, 2.45) is 0 Å². The molecule has 0 aliphatic carbocycles. The summed E-state index contributed by atoms with van der Waals surface area (Å²) in [6, 6.07) is 11.8. The van der Waals surface area contributed by atoms with Crippen molar-refractivity contribution in [3.8, 4) is 16.9 Å². The third-order valence-electron chi connectivity index (χ3n) is 2.94. The molecule has 2 N–H and O–H groups in total. The van der Waals surface area contributed by atoms with Gasteiger partial charge < -0.3 is 10.5 Å². The smallest absolute Gasteiger partial charge is 0.137 e. The van der Waals surface area contributed by atoms with E-state index in [0.29, 0.717) is 0 Å². The van der Waals surface area contributed by atoms with Gasteiger partial charge in [0.25, 0.3) is 0 Å². The summed E-state index contributed by atoms with van der Waals surface area (Å²) in [7, 11) is 1.65. The van der Waals surface area contributed by atoms with E-state index in [1.807, 2.05) is 47.1 Å². The number of hydrogen-bond acceptors (Lipinski definition) is 3. The lowest BCUT2D eigenvalue weighted by atomic mass is 10.1. The summed E-state index contributed by atoms with van der Waals surface area (Å²) in [6.45, 7) is 0. The quantitative estimate of drug-likeness (QED) is 0.699. The second kappa shape index (κ2) is 4.07. The molecule has 4 heteroatoms. The van der Waals surface area contributed by atoms with E-state index < -0.39 is 0 Å². The van der Waals surface area contributed by atoms with Crippen molar-refractivity contribution in [2.75, 3.05) is 12.8 Å². The lowest BCUT2D eigenvalue weighted by Crippen LogP contribution is -1.93. The third-order valence-corrected chi connectivity index (χ3v) is 2.94. The van der Waals surface area contributed by atoms with Crippen molar-refractivity contribution in [1.82, 2.24) is 9.61 Å². The highest BCUT2D eigenvalue weighted by molar-refractivity contribution is 5.81. The van der Waals surface area contributed by atoms with E-state index in [1.54, 1.807) is 13.3 Å². The van der Waals surface area contributed by atoms with Crippen LogP contribution in [-0.2, 0) is 0 Å². The van der Waals surface area contributed by atoms with Gasteiger partial charge in [-0.15, -0.1) is 0 Å². The largest absolute Gasteiger partial charge is 0.495 e. The Morgan fingerprint density at radius 2 is 1.94 bits per heavy atom. The van der Waals surface area contributed by atoms with Crippen molar-refractivity contribution < 1.29 is 4.74 Å². The van der Waals surface area contributed by atoms with Gasteiger partial charge in [0.2, 0.25) is 0 Å². The van der Waals surface area contributed by atoms with E-state index in [-0.39, 0.29) is 0 Å². The zero-order chi connectivity index (χ0) is 12.5. The number of aromatic nitrogens is 2. The fourth-order valence-electron chi connectivity index (χ4n) is 2.01. The van der Waals surface area contributed by atoms with Crippen LogP contribution in [0, 0.1) is 0 Å². The van der Waals surface area contributed by atoms with Gasteiger partial charge in [-0.3, -0.25) is 0 Å². The van der Waals surface area contributed by atoms with E-state index in [2.05, 4.69) is 5.10 Å². The summed E-state index contributed by atoms with van der Waals surface area (Å²) in [5.41, 5.74) is 9.68. The van der Waals surface area contributed by atoms with Gasteiger partial charge in [0.15, 0.2) is 0 Å². The first kappa shape index (κ1) is 10.7. The Bertz CT molecular complexity index is 686. The summed E-state index contributed by atoms with van der Waals surface area (Å²) in [6.07, 6.45) is 3.63. The molecular weight excluding hydrogens is 226 g/mol. The van der Waals surface area contributed by atoms with E-state index in [1.165, 1.54) is 0 Å². The minimum absolute atomic E-state index is 0.756. The molecule has 0 aliphatic rings. The molecule has 2 aromatic heterocycles. The fraction of sp³-hybridized carbons (Fsp3) is 0.0714. The Labute approximate surface area is 105 Å². The van der Waals surface area contributed by atoms with Crippen molar-refractivity contribution in [3.05, 3.63) is 48.8 Å². The maximum atomic E-state index is 5.71. The highest BCUT2D eigenvalue weighted by atomic mass is 16.5. The molecule has 0 saturated carbocycles. The maximum absolute atomic E-state index is 5.71. The van der Waals surface area contributed by atoms with Crippen LogP contribution in [0.1, 0.15) is 0 Å². The lowest BCUT2D eigenvalue weighted by molar-refractivity contribution is 0.412. The van der Waals surface area contributed by atoms with Crippen LogP contribution in [-0.4, -0.2) is 16.7 Å². The number of methoxy groups -OCH3 is 1. The zero-order valence-corrected chi connectivity index (χ0v) is 10.00. The van der Waals surface area contributed by atoms with Crippen LogP contribution in [0.25, 0.3) is 16.6 Å². The second-order valence-corrected chi connectivity index (χ2v) is 4.08. The van der Waals surface area contributed by atoms with Gasteiger partial charge in [-0.1, -0.05) is 12.1 Å². The van der Waals surface area contributed by atoms with Crippen LogP contribution >= 0.6 is 0 Å². The van der Waals surface area contributed by atoms with Gasteiger partial charge in [-0.25, -0.2) is 4.52 Å². The number of anilines is 1. The number of nitrogens with two attached hydrogens (primary N) is 1. The van der Waals surface area contributed by atoms with Crippen molar-refractivity contribution in [1.29, 1.82) is 0 Å². The molecule has 0 unspecified atom stereocenters. The Balaban J connectivity index is 2.26. The predicted molar refractivity (Wildman–Crippen MR) is 71.6 cm³/mol. The van der Waals surface area contributed by atoms with Crippen molar-refractivity contribution in [3.63, 3.8) is 0 Å². The molecule has 0 radical (unpaired) electrons. The Morgan fingerprint density at radius 1 is 1.17 bits per heavy atom. The number of hydrogen-bond donors (Lipinski definition) is 1. The monoisotopic (exact) mass is 239 g/mol. The van der Waals surface area contributed by atoms with Crippen LogP contribution in [0.4, 0.5) is 5.69 Å². The number of ether oxygens (including phenoxy) is 1. The number of nitrogens with zero attached hydrogens (tertiary/aromatic N) is 2. The standard InChI is InChI=1S/C14H13N3O/c1-18-12-8-13(10-2-4-11(15)5-3-10)14-6-7-16-17(14)9-12/h2-9H,15H2,1H3. The lowest BCUT2D eigenvalue weighted by Gasteiger charge is -2.08. The molecular formula is C14H13N3O. The van der Waals surface area contributed by atoms with Gasteiger partial charge in [-0.05, 0) is 29.8 Å². The molecule has 90 valence electrons. The minimum Gasteiger partial charge on any atom is -0.495 e. The highest BCUT2D eigenvalue weighted by Gasteiger charge is 2.07. The highest BCUT2D eigenvalue weighted by Crippen LogP contribution is 2.28. The van der Waals surface area contributed by atoms with Crippen LogP contribution in [0.2, 0.25) is 0 Å². The van der Waals surface area contributed by atoms with Gasteiger partial charge >= 0.3 is 0 Å². The van der Waals surface area contributed by atoms with Gasteiger partial charge in [0, 0.05) is 11.3 Å². The van der Waals surface area contributed by atoms with Crippen molar-refractivity contribution >= 4 is 11.2 Å². The SMILES string of the molecule is COc1cc(-c2ccc(N)cc2)c2ccnn2c1. The fourth-order valence-corrected chi connectivity index (χ4v) is 2.01. The van der Waals surface area contributed by atoms with Gasteiger partial charge in [-0.2, -0.15) is 5.10 Å². The number of nitrogen functional groups attached to an aromatic ring is 1. The molecule has 4 nitrogen and oxygen atoms in total. The van der Waals surface area contributed by atoms with Gasteiger partial charge in [0.1, 0.15) is 5.75 Å². The van der Waals surface area contributed by atoms with E-state index >= 15 is 0 Å². The first-order valence-electron chi connectivity index (χ1n) is 5.65. The molecule has 3 aromatic rings. The Kier molecular flexibility index (Phi) is 2.41. The molecule has 0 fully saturated rings. The Morgan fingerprint density at radius 3 is 2.67 bits per heavy atom. The summed E-state index contributed by atoms with van der Waals surface area (Å²) in [5, 5.41) is 4.24. The minimum atomic E-state index is 0.756. The predicted octanol–water partition coefficient (Wildman–Crippen LogP) is 2.59. The first-order valence-corrected chi connectivity index (χ1v) is 5.65. The molecule has 18 heavy (non-hydrogen) atoms. The topological polar surface area (TPSA) is 52.5 Å². The number of benzene rings is 1. The molecule has 0 aliphatic heterocycles. The number of pyridine rings is 1. The molecule has 0 spiro atoms. The molecule has 1 aromatic carbocycles. The van der Waals surface area contributed by atoms with Crippen LogP contribution in [0.5, 0.6) is 5.75 Å². The summed E-state index contributed by atoms with van der Waals surface area (Å²) in [5.74, 6) is 0.776. The Hall–Kier alpha value is -2.49. The van der Waals surface area contributed by atoms with Gasteiger partial charge in [0.05, 0.1) is 25.0 Å². The molecule has 3 rings (SSSR count). The second-order valence-electron chi connectivity index (χ2n) is 4.08. The van der Waals surface area contributed by atoms with Crippen LogP contribution in [0.15, 0.2) is 48.8 Å². The zero-order valence-electron chi connectivity index (χ0n) is 10.00. The average Bonchev–Trinajstić information content (AvgIpc) is 2.86. The summed E-state index contributed by atoms with van der Waals surface area (Å²) in [4.78, 5) is 0. The molecule has 2 heterocycles. The van der Waals surface area contributed by atoms with E-state index in [4.69, 9.17) is 10.5 Å². The van der Waals surface area contributed by atoms with Crippen LogP contribution < -0.4 is 10.5 Å². The van der Waals surface area contributed by atoms with E-state index in [9.17, 15) is 0 Å². The first-order chi connectivity index (χ1) is 8.78. The average molecular weight is 239 g/mol. The van der Waals surface area contributed by atoms with Crippen LogP contribution in [0.3, 0.4) is 0 Å². The third kappa shape index (κ3) is 1.68. The van der Waals surface area contributed by atoms with Crippen molar-refractivity contribution in [2.45, 2.75) is 0 Å². The molecule has 0 atom stereocenters. The molecule has 0 amide bonds. The number of rotatable bonds is 2. The maximum Gasteiger partial charge on any atom is 0.137 e. The normalized spacial score (nSPS) is 10.7.